The Morgan fingerprint density at radius 1 is 1.47 bits per heavy atom. The molecule has 108 valence electrons. The Kier molecular flexibility index (Phi) is 8.35. The van der Waals surface area contributed by atoms with Gasteiger partial charge in [0, 0.05) is 18.2 Å². The lowest BCUT2D eigenvalue weighted by atomic mass is 10.1. The van der Waals surface area contributed by atoms with E-state index in [0.717, 1.165) is 19.3 Å². The molecule has 0 aliphatic heterocycles. The molecule has 0 spiro atoms. The molecule has 0 radical (unpaired) electrons. The monoisotopic (exact) mass is 288 g/mol. The summed E-state index contributed by atoms with van der Waals surface area (Å²) in [5.74, 6) is -0.488. The minimum Gasteiger partial charge on any atom is -0.348 e. The average molecular weight is 289 g/mol. The summed E-state index contributed by atoms with van der Waals surface area (Å²) in [6, 6.07) is 4.35. The van der Waals surface area contributed by atoms with Gasteiger partial charge < -0.3 is 11.1 Å². The molecule has 3 nitrogen and oxygen atoms in total. The van der Waals surface area contributed by atoms with E-state index in [1.165, 1.54) is 12.1 Å². The van der Waals surface area contributed by atoms with Gasteiger partial charge in [0.25, 0.3) is 5.91 Å². The third kappa shape index (κ3) is 5.57. The van der Waals surface area contributed by atoms with Crippen LogP contribution in [0.3, 0.4) is 0 Å². The summed E-state index contributed by atoms with van der Waals surface area (Å²) in [6.07, 6.45) is 2.98. The molecular weight excluding hydrogens is 267 g/mol. The number of hydrogen-bond acceptors (Lipinski definition) is 2. The number of unbranched alkanes of at least 4 members (excludes halogenated alkanes) is 1. The van der Waals surface area contributed by atoms with Gasteiger partial charge in [0.05, 0.1) is 0 Å². The van der Waals surface area contributed by atoms with Crippen molar-refractivity contribution < 1.29 is 9.18 Å². The van der Waals surface area contributed by atoms with Crippen molar-refractivity contribution in [2.45, 2.75) is 39.2 Å². The highest BCUT2D eigenvalue weighted by molar-refractivity contribution is 5.94. The molecule has 5 heteroatoms. The Labute approximate surface area is 120 Å². The Hall–Kier alpha value is -1.13. The first-order valence-corrected chi connectivity index (χ1v) is 6.35. The van der Waals surface area contributed by atoms with Gasteiger partial charge in [0.1, 0.15) is 5.82 Å². The lowest BCUT2D eigenvalue weighted by molar-refractivity contribution is 0.0935. The predicted octanol–water partition coefficient (Wildman–Crippen LogP) is 2.80. The van der Waals surface area contributed by atoms with Crippen molar-refractivity contribution in [3.8, 4) is 0 Å². The van der Waals surface area contributed by atoms with Crippen molar-refractivity contribution in [2.75, 3.05) is 6.54 Å². The van der Waals surface area contributed by atoms with Crippen molar-refractivity contribution in [3.63, 3.8) is 0 Å². The van der Waals surface area contributed by atoms with E-state index in [9.17, 15) is 9.18 Å². The topological polar surface area (TPSA) is 55.1 Å². The summed E-state index contributed by atoms with van der Waals surface area (Å²) < 4.78 is 13.1. The number of nitrogens with two attached hydrogens (primary N) is 1. The highest BCUT2D eigenvalue weighted by Crippen LogP contribution is 2.10. The maximum Gasteiger partial charge on any atom is 0.251 e. The third-order valence-electron chi connectivity index (χ3n) is 2.95. The molecule has 1 aromatic carbocycles. The van der Waals surface area contributed by atoms with Gasteiger partial charge in [-0.3, -0.25) is 4.79 Å². The fraction of sp³-hybridized carbons (Fsp3) is 0.500. The minimum absolute atomic E-state index is 0. The number of halogens is 2. The number of nitrogens with one attached hydrogen (secondary N) is 1. The summed E-state index contributed by atoms with van der Waals surface area (Å²) in [4.78, 5) is 12.0. The van der Waals surface area contributed by atoms with Gasteiger partial charge >= 0.3 is 0 Å². The first-order valence-electron chi connectivity index (χ1n) is 6.35. The first kappa shape index (κ1) is 17.9. The molecule has 1 atom stereocenters. The quantitative estimate of drug-likeness (QED) is 0.846. The van der Waals surface area contributed by atoms with Crippen LogP contribution in [-0.2, 0) is 0 Å². The number of hydrogen-bond donors (Lipinski definition) is 2. The van der Waals surface area contributed by atoms with Gasteiger partial charge in [-0.25, -0.2) is 4.39 Å². The van der Waals surface area contributed by atoms with E-state index in [1.807, 2.05) is 0 Å². The maximum absolute atomic E-state index is 13.1. The van der Waals surface area contributed by atoms with Crippen molar-refractivity contribution in [3.05, 3.63) is 35.1 Å². The summed E-state index contributed by atoms with van der Waals surface area (Å²) >= 11 is 0. The molecule has 3 N–H and O–H groups in total. The molecule has 0 saturated carbocycles. The van der Waals surface area contributed by atoms with Crippen LogP contribution >= 0.6 is 12.4 Å². The molecule has 0 fully saturated rings. The summed E-state index contributed by atoms with van der Waals surface area (Å²) in [7, 11) is 0. The Balaban J connectivity index is 0.00000324. The van der Waals surface area contributed by atoms with Crippen LogP contribution in [-0.4, -0.2) is 18.5 Å². The molecule has 1 aromatic rings. The van der Waals surface area contributed by atoms with Gasteiger partial charge in [-0.15, -0.1) is 12.4 Å². The van der Waals surface area contributed by atoms with Gasteiger partial charge in [0.2, 0.25) is 0 Å². The Morgan fingerprint density at radius 2 is 2.16 bits per heavy atom. The summed E-state index contributed by atoms with van der Waals surface area (Å²) in [6.45, 7) is 4.16. The molecule has 1 amide bonds. The number of benzene rings is 1. The Bertz CT molecular complexity index is 412. The van der Waals surface area contributed by atoms with E-state index < -0.39 is 0 Å². The van der Waals surface area contributed by atoms with Gasteiger partial charge in [-0.2, -0.15) is 0 Å². The lowest BCUT2D eigenvalue weighted by Crippen LogP contribution is -2.40. The minimum atomic E-state index is -0.298. The molecule has 19 heavy (non-hydrogen) atoms. The van der Waals surface area contributed by atoms with Crippen LogP contribution in [0.4, 0.5) is 4.39 Å². The molecule has 0 aromatic heterocycles. The number of rotatable bonds is 6. The summed E-state index contributed by atoms with van der Waals surface area (Å²) in [5.41, 5.74) is 6.57. The zero-order valence-electron chi connectivity index (χ0n) is 11.4. The second-order valence-electron chi connectivity index (χ2n) is 4.51. The molecule has 0 aliphatic rings. The standard InChI is InChI=1S/C14H21FN2O.ClH/c1-3-4-5-12(9-16)17-14(18)11-6-7-13(15)10(2)8-11;/h6-8,12H,3-5,9,16H2,1-2H3,(H,17,18);1H. The van der Waals surface area contributed by atoms with Crippen LogP contribution in [0, 0.1) is 12.7 Å². The van der Waals surface area contributed by atoms with Gasteiger partial charge in [-0.1, -0.05) is 19.8 Å². The van der Waals surface area contributed by atoms with Gasteiger partial charge in [0.15, 0.2) is 0 Å². The fourth-order valence-electron chi connectivity index (χ4n) is 1.75. The first-order chi connectivity index (χ1) is 8.58. The van der Waals surface area contributed by atoms with E-state index in [0.29, 0.717) is 17.7 Å². The van der Waals surface area contributed by atoms with Crippen LogP contribution in [0.2, 0.25) is 0 Å². The van der Waals surface area contributed by atoms with Gasteiger partial charge in [-0.05, 0) is 37.1 Å². The average Bonchev–Trinajstić information content (AvgIpc) is 2.37. The van der Waals surface area contributed by atoms with Crippen LogP contribution in [0.1, 0.15) is 42.1 Å². The van der Waals surface area contributed by atoms with E-state index in [4.69, 9.17) is 5.73 Å². The van der Waals surface area contributed by atoms with E-state index >= 15 is 0 Å². The van der Waals surface area contributed by atoms with E-state index in [-0.39, 0.29) is 30.2 Å². The largest absolute Gasteiger partial charge is 0.348 e. The van der Waals surface area contributed by atoms with Crippen LogP contribution < -0.4 is 11.1 Å². The highest BCUT2D eigenvalue weighted by atomic mass is 35.5. The molecule has 0 saturated heterocycles. The molecule has 1 rings (SSSR count). The number of aryl methyl sites for hydroxylation is 1. The summed E-state index contributed by atoms with van der Waals surface area (Å²) in [5, 5.41) is 2.88. The zero-order valence-corrected chi connectivity index (χ0v) is 12.2. The number of carbonyl (C=O) groups excluding carboxylic acids is 1. The highest BCUT2D eigenvalue weighted by Gasteiger charge is 2.12. The van der Waals surface area contributed by atoms with Crippen LogP contribution in [0.15, 0.2) is 18.2 Å². The van der Waals surface area contributed by atoms with E-state index in [2.05, 4.69) is 12.2 Å². The third-order valence-corrected chi connectivity index (χ3v) is 2.95. The van der Waals surface area contributed by atoms with Crippen molar-refractivity contribution in [2.24, 2.45) is 5.73 Å². The molecular formula is C14H22ClFN2O. The number of amides is 1. The van der Waals surface area contributed by atoms with Crippen LogP contribution in [0.25, 0.3) is 0 Å². The fourth-order valence-corrected chi connectivity index (χ4v) is 1.75. The SMILES string of the molecule is CCCCC(CN)NC(=O)c1ccc(F)c(C)c1.Cl. The molecule has 0 bridgehead atoms. The second-order valence-corrected chi connectivity index (χ2v) is 4.51. The number of carbonyl (C=O) groups is 1. The Morgan fingerprint density at radius 3 is 2.68 bits per heavy atom. The van der Waals surface area contributed by atoms with E-state index in [1.54, 1.807) is 13.0 Å². The smallest absolute Gasteiger partial charge is 0.251 e. The lowest BCUT2D eigenvalue weighted by Gasteiger charge is -2.16. The van der Waals surface area contributed by atoms with Crippen molar-refractivity contribution in [1.82, 2.24) is 5.32 Å². The maximum atomic E-state index is 13.1. The molecule has 1 unspecified atom stereocenters. The zero-order chi connectivity index (χ0) is 13.5. The van der Waals surface area contributed by atoms with Crippen molar-refractivity contribution >= 4 is 18.3 Å². The predicted molar refractivity (Wildman–Crippen MR) is 78.2 cm³/mol. The molecule has 0 heterocycles. The second kappa shape index (κ2) is 8.88. The normalized spacial score (nSPS) is 11.6. The molecule has 0 aliphatic carbocycles. The van der Waals surface area contributed by atoms with Crippen molar-refractivity contribution in [1.29, 1.82) is 0 Å². The van der Waals surface area contributed by atoms with Crippen LogP contribution in [0.5, 0.6) is 0 Å².